The number of rotatable bonds is 4. The van der Waals surface area contributed by atoms with Gasteiger partial charge in [0.2, 0.25) is 0 Å². The van der Waals surface area contributed by atoms with E-state index in [0.29, 0.717) is 11.3 Å². The molecule has 0 saturated heterocycles. The Labute approximate surface area is 115 Å². The van der Waals surface area contributed by atoms with Crippen molar-refractivity contribution >= 4 is 21.8 Å². The van der Waals surface area contributed by atoms with Crippen molar-refractivity contribution in [2.75, 3.05) is 7.11 Å². The number of alkyl halides is 1. The Hall–Kier alpha value is -1.23. The zero-order valence-electron chi connectivity index (χ0n) is 11.0. The Morgan fingerprint density at radius 2 is 2.11 bits per heavy atom. The second kappa shape index (κ2) is 5.61. The average Bonchev–Trinajstić information content (AvgIpc) is 2.28. The van der Waals surface area contributed by atoms with Gasteiger partial charge in [-0.1, -0.05) is 22.9 Å². The summed E-state index contributed by atoms with van der Waals surface area (Å²) in [7, 11) is 1.46. The smallest absolute Gasteiger partial charge is 0.251 e. The molecule has 0 aliphatic heterocycles. The highest BCUT2D eigenvalue weighted by Crippen LogP contribution is 2.26. The summed E-state index contributed by atoms with van der Waals surface area (Å²) >= 11 is 3.45. The number of nitrogens with one attached hydrogen (secondary N) is 1. The van der Waals surface area contributed by atoms with Crippen LogP contribution in [0.15, 0.2) is 18.2 Å². The molecule has 1 unspecified atom stereocenters. The number of hydrogen-bond donors (Lipinski definition) is 2. The van der Waals surface area contributed by atoms with Gasteiger partial charge in [0.1, 0.15) is 0 Å². The fraction of sp³-hybridized carbons (Fsp3) is 0.462. The third-order valence-corrected chi connectivity index (χ3v) is 4.02. The zero-order chi connectivity index (χ0) is 13.9. The minimum atomic E-state index is -0.382. The minimum Gasteiger partial charge on any atom is -0.504 e. The third kappa shape index (κ3) is 3.38. The van der Waals surface area contributed by atoms with Crippen molar-refractivity contribution < 1.29 is 14.6 Å². The summed E-state index contributed by atoms with van der Waals surface area (Å²) in [6.45, 7) is 5.81. The molecule has 1 amide bonds. The van der Waals surface area contributed by atoms with Crippen molar-refractivity contribution in [1.29, 1.82) is 0 Å². The third-order valence-electron chi connectivity index (χ3n) is 2.87. The largest absolute Gasteiger partial charge is 0.504 e. The highest BCUT2D eigenvalue weighted by atomic mass is 79.9. The second-order valence-corrected chi connectivity index (χ2v) is 6.05. The summed E-state index contributed by atoms with van der Waals surface area (Å²) in [5, 5.41) is 12.5. The van der Waals surface area contributed by atoms with E-state index < -0.39 is 0 Å². The van der Waals surface area contributed by atoms with E-state index in [4.69, 9.17) is 4.74 Å². The predicted molar refractivity (Wildman–Crippen MR) is 74.6 cm³/mol. The molecule has 4 nitrogen and oxygen atoms in total. The Morgan fingerprint density at radius 3 is 2.56 bits per heavy atom. The molecule has 0 heterocycles. The lowest BCUT2D eigenvalue weighted by Crippen LogP contribution is -2.48. The molecule has 0 bridgehead atoms. The number of carbonyl (C=O) groups is 1. The van der Waals surface area contributed by atoms with Gasteiger partial charge in [-0.2, -0.15) is 0 Å². The first-order chi connectivity index (χ1) is 8.27. The van der Waals surface area contributed by atoms with Gasteiger partial charge in [-0.05, 0) is 32.0 Å². The quantitative estimate of drug-likeness (QED) is 0.840. The van der Waals surface area contributed by atoms with Gasteiger partial charge in [-0.25, -0.2) is 0 Å². The van der Waals surface area contributed by atoms with Gasteiger partial charge >= 0.3 is 0 Å². The van der Waals surface area contributed by atoms with Crippen LogP contribution in [0.2, 0.25) is 0 Å². The average molecular weight is 316 g/mol. The molecule has 1 atom stereocenters. The number of carbonyl (C=O) groups excluding carboxylic acids is 1. The molecule has 1 aromatic rings. The number of benzene rings is 1. The number of hydrogen-bond acceptors (Lipinski definition) is 3. The number of halogens is 1. The zero-order valence-corrected chi connectivity index (χ0v) is 12.5. The highest BCUT2D eigenvalue weighted by Gasteiger charge is 2.26. The van der Waals surface area contributed by atoms with E-state index in [1.165, 1.54) is 13.2 Å². The number of methoxy groups -OCH3 is 1. The monoisotopic (exact) mass is 315 g/mol. The number of aromatic hydroxyl groups is 1. The van der Waals surface area contributed by atoms with Crippen LogP contribution in [0.25, 0.3) is 0 Å². The van der Waals surface area contributed by atoms with Gasteiger partial charge in [-0.3, -0.25) is 4.79 Å². The van der Waals surface area contributed by atoms with Gasteiger partial charge in [0, 0.05) is 15.9 Å². The molecule has 0 aliphatic carbocycles. The molecule has 1 rings (SSSR count). The molecular formula is C13H18BrNO3. The molecule has 1 aromatic carbocycles. The summed E-state index contributed by atoms with van der Waals surface area (Å²) in [6, 6.07) is 4.57. The van der Waals surface area contributed by atoms with Crippen molar-refractivity contribution in [3.05, 3.63) is 23.8 Å². The van der Waals surface area contributed by atoms with Crippen LogP contribution < -0.4 is 10.1 Å². The van der Waals surface area contributed by atoms with Crippen molar-refractivity contribution in [3.63, 3.8) is 0 Å². The van der Waals surface area contributed by atoms with E-state index >= 15 is 0 Å². The van der Waals surface area contributed by atoms with Crippen molar-refractivity contribution in [2.24, 2.45) is 0 Å². The van der Waals surface area contributed by atoms with Crippen molar-refractivity contribution in [2.45, 2.75) is 31.1 Å². The van der Waals surface area contributed by atoms with Gasteiger partial charge in [0.15, 0.2) is 11.5 Å². The first-order valence-corrected chi connectivity index (χ1v) is 6.53. The number of amides is 1. The summed E-state index contributed by atoms with van der Waals surface area (Å²) < 4.78 is 4.93. The summed E-state index contributed by atoms with van der Waals surface area (Å²) in [4.78, 5) is 12.2. The molecule has 2 N–H and O–H groups in total. The molecule has 0 saturated carbocycles. The van der Waals surface area contributed by atoms with E-state index in [1.807, 2.05) is 20.8 Å². The standard InChI is InChI=1S/C13H18BrNO3/c1-8(14)13(2,3)15-12(17)9-5-6-11(18-4)10(16)7-9/h5-8,16H,1-4H3,(H,15,17). The fourth-order valence-corrected chi connectivity index (χ4v) is 1.41. The number of ether oxygens (including phenoxy) is 1. The van der Waals surface area contributed by atoms with Crippen molar-refractivity contribution in [3.8, 4) is 11.5 Å². The van der Waals surface area contributed by atoms with E-state index in [0.717, 1.165) is 0 Å². The van der Waals surface area contributed by atoms with Crippen LogP contribution in [-0.4, -0.2) is 28.5 Å². The minimum absolute atomic E-state index is 0.0464. The van der Waals surface area contributed by atoms with E-state index in [-0.39, 0.29) is 22.0 Å². The molecule has 0 spiro atoms. The van der Waals surface area contributed by atoms with Crippen LogP contribution in [0.5, 0.6) is 11.5 Å². The lowest BCUT2D eigenvalue weighted by atomic mass is 10.0. The number of phenols is 1. The lowest BCUT2D eigenvalue weighted by molar-refractivity contribution is 0.0913. The maximum absolute atomic E-state index is 12.0. The highest BCUT2D eigenvalue weighted by molar-refractivity contribution is 9.09. The molecule has 18 heavy (non-hydrogen) atoms. The fourth-order valence-electron chi connectivity index (χ4n) is 1.30. The predicted octanol–water partition coefficient (Wildman–Crippen LogP) is 2.69. The SMILES string of the molecule is COc1ccc(C(=O)NC(C)(C)C(C)Br)cc1O. The van der Waals surface area contributed by atoms with Crippen molar-refractivity contribution in [1.82, 2.24) is 5.32 Å². The Morgan fingerprint density at radius 1 is 1.50 bits per heavy atom. The molecule has 0 fully saturated rings. The molecule has 5 heteroatoms. The van der Waals surface area contributed by atoms with E-state index in [1.54, 1.807) is 12.1 Å². The van der Waals surface area contributed by atoms with Crippen LogP contribution in [0.3, 0.4) is 0 Å². The molecule has 0 aromatic heterocycles. The molecule has 0 aliphatic rings. The summed E-state index contributed by atoms with van der Waals surface area (Å²) in [5.74, 6) is 0.0683. The number of phenolic OH excluding ortho intramolecular Hbond substituents is 1. The molecular weight excluding hydrogens is 298 g/mol. The van der Waals surface area contributed by atoms with Crippen LogP contribution in [0.4, 0.5) is 0 Å². The van der Waals surface area contributed by atoms with E-state index in [9.17, 15) is 9.90 Å². The van der Waals surface area contributed by atoms with Gasteiger partial charge < -0.3 is 15.2 Å². The maximum Gasteiger partial charge on any atom is 0.251 e. The van der Waals surface area contributed by atoms with E-state index in [2.05, 4.69) is 21.2 Å². The van der Waals surface area contributed by atoms with Crippen LogP contribution in [0.1, 0.15) is 31.1 Å². The Kier molecular flexibility index (Phi) is 4.62. The molecule has 0 radical (unpaired) electrons. The normalized spacial score (nSPS) is 12.9. The Bertz CT molecular complexity index is 444. The van der Waals surface area contributed by atoms with Crippen LogP contribution >= 0.6 is 15.9 Å². The topological polar surface area (TPSA) is 58.6 Å². The summed E-state index contributed by atoms with van der Waals surface area (Å²) in [5.41, 5.74) is 0.0154. The maximum atomic E-state index is 12.0. The first kappa shape index (κ1) is 14.8. The van der Waals surface area contributed by atoms with Gasteiger partial charge in [-0.15, -0.1) is 0 Å². The van der Waals surface area contributed by atoms with Gasteiger partial charge in [0.25, 0.3) is 5.91 Å². The first-order valence-electron chi connectivity index (χ1n) is 5.61. The van der Waals surface area contributed by atoms with Gasteiger partial charge in [0.05, 0.1) is 7.11 Å². The van der Waals surface area contributed by atoms with Crippen LogP contribution in [0, 0.1) is 0 Å². The lowest BCUT2D eigenvalue weighted by Gasteiger charge is -2.29. The summed E-state index contributed by atoms with van der Waals surface area (Å²) in [6.07, 6.45) is 0. The second-order valence-electron chi connectivity index (χ2n) is 4.68. The van der Waals surface area contributed by atoms with Crippen LogP contribution in [-0.2, 0) is 0 Å². The Balaban J connectivity index is 2.89. The molecule has 100 valence electrons.